The molecule has 0 atom stereocenters. The van der Waals surface area contributed by atoms with Crippen LogP contribution in [0.5, 0.6) is 0 Å². The van der Waals surface area contributed by atoms with E-state index in [9.17, 15) is 4.79 Å². The first kappa shape index (κ1) is 8.59. The molecule has 0 saturated carbocycles. The molecular weight excluding hydrogens is 120 g/mol. The molecule has 1 radical (unpaired) electrons. The highest BCUT2D eigenvalue weighted by molar-refractivity contribution is 5.50. The minimum Gasteiger partial charge on any atom is -0.382 e. The lowest BCUT2D eigenvalue weighted by molar-refractivity contribution is 0.0741. The summed E-state index contributed by atoms with van der Waals surface area (Å²) in [6.45, 7) is 1.59. The van der Waals surface area contributed by atoms with Crippen LogP contribution in [0, 0.1) is 0 Å². The zero-order chi connectivity index (χ0) is 6.95. The molecule has 0 fully saturated rings. The van der Waals surface area contributed by atoms with Crippen LogP contribution in [0.2, 0.25) is 0 Å². The third-order valence-electron chi connectivity index (χ3n) is 0.780. The molecule has 0 aliphatic rings. The van der Waals surface area contributed by atoms with Crippen molar-refractivity contribution >= 4 is 6.29 Å². The summed E-state index contributed by atoms with van der Waals surface area (Å²) in [5, 5.41) is 0. The van der Waals surface area contributed by atoms with E-state index in [0.29, 0.717) is 26.2 Å². The van der Waals surface area contributed by atoms with Crippen molar-refractivity contribution in [2.45, 2.75) is 6.42 Å². The predicted octanol–water partition coefficient (Wildman–Crippen LogP) is 0.149. The standard InChI is InChI=1S/C6H11O3/c1-8-5-6-9-4-2-3-7/h2,4-6H2,1H3. The Morgan fingerprint density at radius 1 is 1.33 bits per heavy atom. The van der Waals surface area contributed by atoms with Gasteiger partial charge in [0.05, 0.1) is 19.8 Å². The van der Waals surface area contributed by atoms with E-state index < -0.39 is 0 Å². The molecule has 0 aromatic rings. The fraction of sp³-hybridized carbons (Fsp3) is 0.833. The molecule has 0 rings (SSSR count). The highest BCUT2D eigenvalue weighted by Gasteiger charge is 1.85. The molecule has 0 aliphatic heterocycles. The Morgan fingerprint density at radius 3 is 2.67 bits per heavy atom. The summed E-state index contributed by atoms with van der Waals surface area (Å²) in [5.74, 6) is 0. The summed E-state index contributed by atoms with van der Waals surface area (Å²) in [4.78, 5) is 9.60. The van der Waals surface area contributed by atoms with Crippen LogP contribution in [0.25, 0.3) is 0 Å². The second-order valence-electron chi connectivity index (χ2n) is 1.50. The van der Waals surface area contributed by atoms with Crippen LogP contribution in [0.15, 0.2) is 0 Å². The van der Waals surface area contributed by atoms with E-state index in [0.717, 1.165) is 0 Å². The maximum absolute atomic E-state index is 9.60. The highest BCUT2D eigenvalue weighted by Crippen LogP contribution is 1.77. The summed E-state index contributed by atoms with van der Waals surface area (Å²) < 4.78 is 9.63. The molecule has 0 aliphatic carbocycles. The van der Waals surface area contributed by atoms with Gasteiger partial charge in [0.2, 0.25) is 6.29 Å². The van der Waals surface area contributed by atoms with Crippen molar-refractivity contribution in [2.75, 3.05) is 26.9 Å². The van der Waals surface area contributed by atoms with Gasteiger partial charge in [-0.25, -0.2) is 0 Å². The van der Waals surface area contributed by atoms with Gasteiger partial charge in [-0.3, -0.25) is 4.79 Å². The number of rotatable bonds is 6. The fourth-order valence-corrected chi connectivity index (χ4v) is 0.358. The lowest BCUT2D eigenvalue weighted by atomic mass is 10.5. The maximum atomic E-state index is 9.60. The van der Waals surface area contributed by atoms with Crippen LogP contribution in [0.1, 0.15) is 6.42 Å². The second kappa shape index (κ2) is 7.59. The molecule has 0 aromatic heterocycles. The molecule has 3 nitrogen and oxygen atoms in total. The van der Waals surface area contributed by atoms with E-state index in [-0.39, 0.29) is 0 Å². The summed E-state index contributed by atoms with van der Waals surface area (Å²) in [6.07, 6.45) is 2.08. The van der Waals surface area contributed by atoms with Crippen LogP contribution >= 0.6 is 0 Å². The fourth-order valence-electron chi connectivity index (χ4n) is 0.358. The second-order valence-corrected chi connectivity index (χ2v) is 1.50. The number of hydrogen-bond acceptors (Lipinski definition) is 3. The summed E-state index contributed by atoms with van der Waals surface area (Å²) in [7, 11) is 1.61. The van der Waals surface area contributed by atoms with Gasteiger partial charge < -0.3 is 9.47 Å². The SMILES string of the molecule is COCCOCC[C]=O. The largest absolute Gasteiger partial charge is 0.382 e. The molecule has 0 bridgehead atoms. The van der Waals surface area contributed by atoms with E-state index >= 15 is 0 Å². The lowest BCUT2D eigenvalue weighted by Crippen LogP contribution is -2.02. The van der Waals surface area contributed by atoms with Gasteiger partial charge in [0.1, 0.15) is 0 Å². The van der Waals surface area contributed by atoms with Crippen molar-refractivity contribution in [3.63, 3.8) is 0 Å². The molecule has 0 aromatic carbocycles. The normalized spacial score (nSPS) is 9.44. The van der Waals surface area contributed by atoms with Gasteiger partial charge in [-0.2, -0.15) is 0 Å². The number of carbonyl (C=O) groups excluding carboxylic acids is 1. The molecule has 53 valence electrons. The molecule has 9 heavy (non-hydrogen) atoms. The first-order valence-corrected chi connectivity index (χ1v) is 2.83. The van der Waals surface area contributed by atoms with Crippen molar-refractivity contribution in [1.29, 1.82) is 0 Å². The topological polar surface area (TPSA) is 35.5 Å². The molecule has 0 amide bonds. The van der Waals surface area contributed by atoms with E-state index in [1.54, 1.807) is 13.4 Å². The monoisotopic (exact) mass is 131 g/mol. The lowest BCUT2D eigenvalue weighted by Gasteiger charge is -1.98. The molecule has 0 N–H and O–H groups in total. The molecule has 3 heteroatoms. The average molecular weight is 131 g/mol. The van der Waals surface area contributed by atoms with Gasteiger partial charge in [-0.05, 0) is 0 Å². The Bertz CT molecular complexity index is 63.3. The van der Waals surface area contributed by atoms with Crippen LogP contribution in [0.4, 0.5) is 0 Å². The van der Waals surface area contributed by atoms with E-state index in [1.165, 1.54) is 0 Å². The van der Waals surface area contributed by atoms with Crippen molar-refractivity contribution in [2.24, 2.45) is 0 Å². The van der Waals surface area contributed by atoms with Gasteiger partial charge in [-0.1, -0.05) is 0 Å². The van der Waals surface area contributed by atoms with E-state index in [1.807, 2.05) is 0 Å². The van der Waals surface area contributed by atoms with Gasteiger partial charge >= 0.3 is 0 Å². The summed E-state index contributed by atoms with van der Waals surface area (Å²) in [5.41, 5.74) is 0. The van der Waals surface area contributed by atoms with Crippen LogP contribution in [0.3, 0.4) is 0 Å². The minimum absolute atomic E-state index is 0.351. The van der Waals surface area contributed by atoms with Gasteiger partial charge in [-0.15, -0.1) is 0 Å². The quantitative estimate of drug-likeness (QED) is 0.481. The molecule has 0 unspecified atom stereocenters. The average Bonchev–Trinajstić information content (AvgIpc) is 1.89. The van der Waals surface area contributed by atoms with Gasteiger partial charge in [0.15, 0.2) is 0 Å². The zero-order valence-corrected chi connectivity index (χ0v) is 5.55. The van der Waals surface area contributed by atoms with Crippen LogP contribution < -0.4 is 0 Å². The Balaban J connectivity index is 2.66. The smallest absolute Gasteiger partial charge is 0.200 e. The van der Waals surface area contributed by atoms with Crippen molar-refractivity contribution < 1.29 is 14.3 Å². The third-order valence-corrected chi connectivity index (χ3v) is 0.780. The van der Waals surface area contributed by atoms with E-state index in [2.05, 4.69) is 0 Å². The maximum Gasteiger partial charge on any atom is 0.200 e. The zero-order valence-electron chi connectivity index (χ0n) is 5.55. The predicted molar refractivity (Wildman–Crippen MR) is 33.0 cm³/mol. The summed E-state index contributed by atoms with van der Waals surface area (Å²) >= 11 is 0. The summed E-state index contributed by atoms with van der Waals surface area (Å²) in [6, 6.07) is 0. The van der Waals surface area contributed by atoms with Gasteiger partial charge in [0.25, 0.3) is 0 Å². The Morgan fingerprint density at radius 2 is 2.11 bits per heavy atom. The molecular formula is C6H11O3. The molecule has 0 saturated heterocycles. The first-order valence-electron chi connectivity index (χ1n) is 2.83. The number of ether oxygens (including phenoxy) is 2. The Hall–Kier alpha value is -0.410. The molecule has 0 spiro atoms. The van der Waals surface area contributed by atoms with E-state index in [4.69, 9.17) is 9.47 Å². The van der Waals surface area contributed by atoms with Gasteiger partial charge in [0, 0.05) is 13.5 Å². The van der Waals surface area contributed by atoms with Crippen LogP contribution in [-0.2, 0) is 14.3 Å². The molecule has 0 heterocycles. The van der Waals surface area contributed by atoms with Crippen LogP contribution in [-0.4, -0.2) is 33.2 Å². The number of hydrogen-bond donors (Lipinski definition) is 0. The van der Waals surface area contributed by atoms with Crippen molar-refractivity contribution in [3.8, 4) is 0 Å². The number of methoxy groups -OCH3 is 1. The third kappa shape index (κ3) is 7.59. The minimum atomic E-state index is 0.351. The van der Waals surface area contributed by atoms with Crippen molar-refractivity contribution in [3.05, 3.63) is 0 Å². The first-order chi connectivity index (χ1) is 4.41. The Labute approximate surface area is 55.0 Å². The van der Waals surface area contributed by atoms with Crippen molar-refractivity contribution in [1.82, 2.24) is 0 Å². The highest BCUT2D eigenvalue weighted by atomic mass is 16.5. The Kier molecular flexibility index (Phi) is 7.24.